The second-order valence-electron chi connectivity index (χ2n) is 8.80. The summed E-state index contributed by atoms with van der Waals surface area (Å²) >= 11 is 3.27. The van der Waals surface area contributed by atoms with Crippen LogP contribution in [-0.2, 0) is 18.3 Å². The smallest absolute Gasteiger partial charge is 0.271 e. The molecule has 1 atom stereocenters. The largest absolute Gasteiger partial charge is 0.376 e. The van der Waals surface area contributed by atoms with Crippen LogP contribution < -0.4 is 24.2 Å². The van der Waals surface area contributed by atoms with E-state index in [1.54, 1.807) is 23.1 Å². The number of anilines is 1. The number of rotatable bonds is 3. The highest BCUT2D eigenvalue weighted by atomic mass is 32.2. The van der Waals surface area contributed by atoms with Crippen LogP contribution in [0.1, 0.15) is 18.5 Å². The fourth-order valence-corrected chi connectivity index (χ4v) is 7.21. The minimum atomic E-state index is 0.0665. The van der Waals surface area contributed by atoms with Crippen LogP contribution in [0, 0.1) is 0 Å². The predicted molar refractivity (Wildman–Crippen MR) is 140 cm³/mol. The molecule has 2 aromatic carbocycles. The van der Waals surface area contributed by atoms with E-state index in [0.717, 1.165) is 39.4 Å². The summed E-state index contributed by atoms with van der Waals surface area (Å²) in [5, 5.41) is 3.42. The molecule has 0 bridgehead atoms. The van der Waals surface area contributed by atoms with Crippen molar-refractivity contribution >= 4 is 50.7 Å². The van der Waals surface area contributed by atoms with Gasteiger partial charge in [-0.25, -0.2) is 4.57 Å². The molecular formula is C27H26N3O2S2+. The third-order valence-corrected chi connectivity index (χ3v) is 9.06. The Balaban J connectivity index is 1.55. The predicted octanol–water partition coefficient (Wildman–Crippen LogP) is 3.20. The number of aryl methyl sites for hydroxylation is 1. The number of aromatic nitrogens is 2. The number of fused-ring (bicyclic) bond motifs is 3. The van der Waals surface area contributed by atoms with Gasteiger partial charge in [0.1, 0.15) is 21.3 Å². The normalized spacial score (nSPS) is 19.9. The summed E-state index contributed by atoms with van der Waals surface area (Å²) in [6, 6.07) is 18.9. The van der Waals surface area contributed by atoms with Gasteiger partial charge in [-0.05, 0) is 30.4 Å². The summed E-state index contributed by atoms with van der Waals surface area (Å²) in [6.45, 7) is 1.37. The zero-order chi connectivity index (χ0) is 23.2. The molecule has 1 fully saturated rings. The summed E-state index contributed by atoms with van der Waals surface area (Å²) in [5.74, 6) is 0. The second kappa shape index (κ2) is 8.73. The Morgan fingerprint density at radius 1 is 1.15 bits per heavy atom. The molecule has 4 heterocycles. The summed E-state index contributed by atoms with van der Waals surface area (Å²) in [6.07, 6.45) is 6.30. The topological polar surface area (TPSA) is 38.4 Å². The number of pyridine rings is 1. The standard InChI is InChI=1S/C27H26N3O2S2/c1-28-14-6-5-9-19(28)16-23-30(17-20-10-7-15-32-20)26(31)25(34-23)27-29(2)24-21-11-4-3-8-18(21)12-13-22(24)33-27/h3-6,8-9,11-14,16,20H,7,10,15,17H2,1-2H3/q+1/b27-25-. The number of hydrogen-bond acceptors (Lipinski definition) is 5. The molecule has 172 valence electrons. The molecule has 1 unspecified atom stereocenters. The average molecular weight is 489 g/mol. The molecule has 6 rings (SSSR count). The molecule has 0 amide bonds. The Morgan fingerprint density at radius 3 is 2.82 bits per heavy atom. The van der Waals surface area contributed by atoms with Gasteiger partial charge in [0.25, 0.3) is 5.56 Å². The van der Waals surface area contributed by atoms with Crippen molar-refractivity contribution < 1.29 is 9.30 Å². The minimum Gasteiger partial charge on any atom is -0.376 e. The van der Waals surface area contributed by atoms with Gasteiger partial charge in [-0.15, -0.1) is 11.3 Å². The van der Waals surface area contributed by atoms with Crippen molar-refractivity contribution in [3.05, 3.63) is 86.0 Å². The number of thioether (sulfide) groups is 1. The van der Waals surface area contributed by atoms with Crippen molar-refractivity contribution in [2.24, 2.45) is 7.05 Å². The zero-order valence-electron chi connectivity index (χ0n) is 19.2. The summed E-state index contributed by atoms with van der Waals surface area (Å²) in [5.41, 5.74) is 2.30. The van der Waals surface area contributed by atoms with E-state index in [4.69, 9.17) is 4.74 Å². The number of hydrogen-bond donors (Lipinski definition) is 0. The first-order valence-electron chi connectivity index (χ1n) is 11.6. The Morgan fingerprint density at radius 2 is 2.00 bits per heavy atom. The molecule has 2 aliphatic heterocycles. The Bertz CT molecular complexity index is 1580. The summed E-state index contributed by atoms with van der Waals surface area (Å²) < 4.78 is 11.6. The Hall–Kier alpha value is -2.87. The van der Waals surface area contributed by atoms with Gasteiger partial charge in [0.15, 0.2) is 6.20 Å². The van der Waals surface area contributed by atoms with Gasteiger partial charge in [-0.3, -0.25) is 9.36 Å². The number of ether oxygens (including phenoxy) is 1. The van der Waals surface area contributed by atoms with Crippen molar-refractivity contribution in [1.29, 1.82) is 0 Å². The average Bonchev–Trinajstić information content (AvgIpc) is 3.56. The monoisotopic (exact) mass is 488 g/mol. The maximum absolute atomic E-state index is 13.8. The quantitative estimate of drug-likeness (QED) is 0.415. The van der Waals surface area contributed by atoms with Crippen LogP contribution in [0.4, 0.5) is 5.69 Å². The van der Waals surface area contributed by atoms with Crippen molar-refractivity contribution in [3.8, 4) is 0 Å². The lowest BCUT2D eigenvalue weighted by Crippen LogP contribution is -2.37. The molecule has 34 heavy (non-hydrogen) atoms. The molecule has 0 N–H and O–H groups in total. The fraction of sp³-hybridized carbons (Fsp3) is 0.259. The van der Waals surface area contributed by atoms with Gasteiger partial charge in [-0.2, -0.15) is 0 Å². The molecule has 1 saturated heterocycles. The van der Waals surface area contributed by atoms with Gasteiger partial charge >= 0.3 is 0 Å². The number of benzene rings is 2. The van der Waals surface area contributed by atoms with Gasteiger partial charge < -0.3 is 9.64 Å². The van der Waals surface area contributed by atoms with E-state index in [9.17, 15) is 4.79 Å². The van der Waals surface area contributed by atoms with E-state index in [-0.39, 0.29) is 11.7 Å². The Labute approximate surface area is 206 Å². The first kappa shape index (κ1) is 21.6. The highest BCUT2D eigenvalue weighted by molar-refractivity contribution is 8.08. The van der Waals surface area contributed by atoms with Crippen LogP contribution in [-0.4, -0.2) is 24.3 Å². The highest BCUT2D eigenvalue weighted by Crippen LogP contribution is 2.48. The Kier molecular flexibility index (Phi) is 5.56. The first-order valence-corrected chi connectivity index (χ1v) is 13.2. The van der Waals surface area contributed by atoms with E-state index in [0.29, 0.717) is 6.54 Å². The van der Waals surface area contributed by atoms with Crippen LogP contribution in [0.5, 0.6) is 0 Å². The molecule has 4 aromatic rings. The molecule has 0 aliphatic carbocycles. The van der Waals surface area contributed by atoms with E-state index in [2.05, 4.69) is 65.1 Å². The van der Waals surface area contributed by atoms with Crippen LogP contribution >= 0.6 is 23.1 Å². The zero-order valence-corrected chi connectivity index (χ0v) is 20.9. The molecule has 2 aliphatic rings. The first-order chi connectivity index (χ1) is 16.6. The van der Waals surface area contributed by atoms with Crippen LogP contribution in [0.3, 0.4) is 0 Å². The lowest BCUT2D eigenvalue weighted by molar-refractivity contribution is -0.673. The van der Waals surface area contributed by atoms with Gasteiger partial charge in [0, 0.05) is 42.1 Å². The van der Waals surface area contributed by atoms with Crippen LogP contribution in [0.25, 0.3) is 21.9 Å². The van der Waals surface area contributed by atoms with E-state index >= 15 is 0 Å². The van der Waals surface area contributed by atoms with Crippen molar-refractivity contribution in [2.45, 2.75) is 30.4 Å². The molecule has 0 saturated carbocycles. The molecule has 2 aromatic heterocycles. The van der Waals surface area contributed by atoms with Crippen molar-refractivity contribution in [3.63, 3.8) is 0 Å². The van der Waals surface area contributed by atoms with E-state index < -0.39 is 0 Å². The SMILES string of the molecule is CN1/C(=c2/s/c(=C/c3cccc[n+]3C)n(CC3CCCO3)c2=O)Sc2ccc3ccccc3c21. The second-order valence-corrected chi connectivity index (χ2v) is 10.9. The van der Waals surface area contributed by atoms with Crippen LogP contribution in [0.15, 0.2) is 70.5 Å². The molecule has 0 radical (unpaired) electrons. The van der Waals surface area contributed by atoms with E-state index in [1.807, 2.05) is 29.9 Å². The lowest BCUT2D eigenvalue weighted by Gasteiger charge is -2.15. The number of thiazole rings is 1. The molecule has 7 heteroatoms. The molecule has 0 spiro atoms. The van der Waals surface area contributed by atoms with Crippen LogP contribution in [0.2, 0.25) is 0 Å². The molecular weight excluding hydrogens is 462 g/mol. The summed E-state index contributed by atoms with van der Waals surface area (Å²) in [7, 11) is 4.10. The highest BCUT2D eigenvalue weighted by Gasteiger charge is 2.27. The maximum atomic E-state index is 13.8. The molecule has 5 nitrogen and oxygen atoms in total. The van der Waals surface area contributed by atoms with E-state index in [1.165, 1.54) is 21.4 Å². The van der Waals surface area contributed by atoms with Gasteiger partial charge in [-0.1, -0.05) is 42.1 Å². The third kappa shape index (κ3) is 3.68. The minimum absolute atomic E-state index is 0.0665. The van der Waals surface area contributed by atoms with Crippen molar-refractivity contribution in [2.75, 3.05) is 18.6 Å². The van der Waals surface area contributed by atoms with Gasteiger partial charge in [0.05, 0.1) is 18.3 Å². The number of nitrogens with zero attached hydrogens (tertiary/aromatic N) is 3. The summed E-state index contributed by atoms with van der Waals surface area (Å²) in [4.78, 5) is 17.2. The van der Waals surface area contributed by atoms with Gasteiger partial charge in [0.2, 0.25) is 5.69 Å². The maximum Gasteiger partial charge on any atom is 0.271 e. The third-order valence-electron chi connectivity index (χ3n) is 6.59. The lowest BCUT2D eigenvalue weighted by atomic mass is 10.1. The fourth-order valence-electron chi connectivity index (χ4n) is 4.78. The van der Waals surface area contributed by atoms with Crippen molar-refractivity contribution in [1.82, 2.24) is 4.57 Å².